The predicted octanol–water partition coefficient (Wildman–Crippen LogP) is 2.80. The second-order valence-electron chi connectivity index (χ2n) is 3.45. The molecule has 0 saturated carbocycles. The van der Waals surface area contributed by atoms with Gasteiger partial charge in [-0.3, -0.25) is 4.98 Å². The van der Waals surface area contributed by atoms with Gasteiger partial charge in [-0.05, 0) is 12.1 Å². The minimum absolute atomic E-state index is 0.161. The molecule has 0 fully saturated rings. The molecule has 2 aromatic rings. The molecule has 0 saturated heterocycles. The first-order valence-electron chi connectivity index (χ1n) is 4.66. The van der Waals surface area contributed by atoms with Gasteiger partial charge in [-0.15, -0.1) is 0 Å². The smallest absolute Gasteiger partial charge is 0.315 e. The van der Waals surface area contributed by atoms with Gasteiger partial charge < -0.3 is 5.73 Å². The van der Waals surface area contributed by atoms with Crippen molar-refractivity contribution in [2.45, 2.75) is 12.2 Å². The number of benzene rings is 1. The molecule has 1 heterocycles. The molecule has 0 aliphatic rings. The first kappa shape index (κ1) is 10.9. The molecule has 1 aromatic carbocycles. The molecule has 2 rings (SSSR count). The number of rotatable bonds is 1. The molecule has 16 heavy (non-hydrogen) atoms. The van der Waals surface area contributed by atoms with Crippen LogP contribution < -0.4 is 5.73 Å². The molecule has 84 valence electrons. The third-order valence-corrected chi connectivity index (χ3v) is 2.29. The standard InChI is InChI=1S/C11H9F3N2/c12-11(13,14)10(15)9-6-5-7-3-1-2-4-8(7)16-9/h1-6,10H,15H2/t10-/m0/s1. The molecule has 1 aromatic heterocycles. The van der Waals surface area contributed by atoms with Gasteiger partial charge in [0.05, 0.1) is 11.2 Å². The van der Waals surface area contributed by atoms with Crippen molar-refractivity contribution in [1.29, 1.82) is 0 Å². The molecule has 2 nitrogen and oxygen atoms in total. The summed E-state index contributed by atoms with van der Waals surface area (Å²) in [6.45, 7) is 0. The Bertz CT molecular complexity index is 508. The topological polar surface area (TPSA) is 38.9 Å². The van der Waals surface area contributed by atoms with E-state index in [2.05, 4.69) is 4.98 Å². The van der Waals surface area contributed by atoms with Crippen LogP contribution in [0.1, 0.15) is 11.7 Å². The number of nitrogens with two attached hydrogens (primary N) is 1. The average molecular weight is 226 g/mol. The van der Waals surface area contributed by atoms with Gasteiger partial charge in [-0.1, -0.05) is 24.3 Å². The van der Waals surface area contributed by atoms with Crippen LogP contribution >= 0.6 is 0 Å². The Balaban J connectivity index is 2.47. The van der Waals surface area contributed by atoms with Crippen molar-refractivity contribution in [2.75, 3.05) is 0 Å². The van der Waals surface area contributed by atoms with Crippen LogP contribution in [-0.4, -0.2) is 11.2 Å². The minimum Gasteiger partial charge on any atom is -0.315 e. The number of nitrogens with zero attached hydrogens (tertiary/aromatic N) is 1. The van der Waals surface area contributed by atoms with Gasteiger partial charge in [-0.2, -0.15) is 13.2 Å². The van der Waals surface area contributed by atoms with Gasteiger partial charge in [0.15, 0.2) is 0 Å². The molecule has 0 unspecified atom stereocenters. The fourth-order valence-electron chi connectivity index (χ4n) is 1.42. The fourth-order valence-corrected chi connectivity index (χ4v) is 1.42. The van der Waals surface area contributed by atoms with E-state index in [-0.39, 0.29) is 5.69 Å². The third kappa shape index (κ3) is 1.99. The number of hydrogen-bond acceptors (Lipinski definition) is 2. The van der Waals surface area contributed by atoms with Crippen molar-refractivity contribution in [3.05, 3.63) is 42.1 Å². The molecule has 5 heteroatoms. The Labute approximate surface area is 89.9 Å². The lowest BCUT2D eigenvalue weighted by Gasteiger charge is -2.15. The summed E-state index contributed by atoms with van der Waals surface area (Å²) in [5.74, 6) is 0. The van der Waals surface area contributed by atoms with Crippen LogP contribution in [0.4, 0.5) is 13.2 Å². The zero-order valence-corrected chi connectivity index (χ0v) is 8.20. The predicted molar refractivity (Wildman–Crippen MR) is 54.7 cm³/mol. The summed E-state index contributed by atoms with van der Waals surface area (Å²) >= 11 is 0. The summed E-state index contributed by atoms with van der Waals surface area (Å²) in [5.41, 5.74) is 5.43. The highest BCUT2D eigenvalue weighted by Crippen LogP contribution is 2.30. The molecule has 0 amide bonds. The minimum atomic E-state index is -4.46. The molecular weight excluding hydrogens is 217 g/mol. The molecule has 1 atom stereocenters. The normalized spacial score (nSPS) is 14.0. The van der Waals surface area contributed by atoms with Gasteiger partial charge >= 0.3 is 6.18 Å². The number of pyridine rings is 1. The molecule has 0 aliphatic heterocycles. The van der Waals surface area contributed by atoms with Gasteiger partial charge in [0.25, 0.3) is 0 Å². The maximum atomic E-state index is 12.4. The van der Waals surface area contributed by atoms with E-state index in [1.54, 1.807) is 30.3 Å². The lowest BCUT2D eigenvalue weighted by Crippen LogP contribution is -2.29. The summed E-state index contributed by atoms with van der Waals surface area (Å²) in [7, 11) is 0. The maximum absolute atomic E-state index is 12.4. The Kier molecular flexibility index (Phi) is 2.55. The Hall–Kier alpha value is -1.62. The van der Waals surface area contributed by atoms with Gasteiger partial charge in [0, 0.05) is 5.39 Å². The van der Waals surface area contributed by atoms with E-state index in [1.807, 2.05) is 0 Å². The highest BCUT2D eigenvalue weighted by atomic mass is 19.4. The number of hydrogen-bond donors (Lipinski definition) is 1. The summed E-state index contributed by atoms with van der Waals surface area (Å²) < 4.78 is 37.1. The van der Waals surface area contributed by atoms with Crippen LogP contribution in [0.3, 0.4) is 0 Å². The summed E-state index contributed by atoms with van der Waals surface area (Å²) in [4.78, 5) is 3.90. The first-order chi connectivity index (χ1) is 7.48. The number of aromatic nitrogens is 1. The Morgan fingerprint density at radius 3 is 2.44 bits per heavy atom. The van der Waals surface area contributed by atoms with E-state index in [1.165, 1.54) is 6.07 Å². The molecule has 0 aliphatic carbocycles. The van der Waals surface area contributed by atoms with Crippen LogP contribution in [0.5, 0.6) is 0 Å². The van der Waals surface area contributed by atoms with E-state index in [9.17, 15) is 13.2 Å². The lowest BCUT2D eigenvalue weighted by atomic mass is 10.1. The van der Waals surface area contributed by atoms with Crippen LogP contribution in [0.2, 0.25) is 0 Å². The van der Waals surface area contributed by atoms with Gasteiger partial charge in [0.2, 0.25) is 0 Å². The van der Waals surface area contributed by atoms with Gasteiger partial charge in [0.1, 0.15) is 6.04 Å². The van der Waals surface area contributed by atoms with Crippen molar-refractivity contribution in [3.63, 3.8) is 0 Å². The number of alkyl halides is 3. The van der Waals surface area contributed by atoms with Crippen molar-refractivity contribution in [1.82, 2.24) is 4.98 Å². The molecule has 0 bridgehead atoms. The van der Waals surface area contributed by atoms with E-state index < -0.39 is 12.2 Å². The lowest BCUT2D eigenvalue weighted by molar-refractivity contribution is -0.149. The highest BCUT2D eigenvalue weighted by molar-refractivity contribution is 5.78. The molecular formula is C11H9F3N2. The summed E-state index contributed by atoms with van der Waals surface area (Å²) in [5, 5.41) is 0.792. The summed E-state index contributed by atoms with van der Waals surface area (Å²) in [6, 6.07) is 7.82. The zero-order chi connectivity index (χ0) is 11.8. The SMILES string of the molecule is N[C@@H](c1ccc2ccccc2n1)C(F)(F)F. The molecule has 2 N–H and O–H groups in total. The van der Waals surface area contributed by atoms with E-state index in [0.717, 1.165) is 5.39 Å². The van der Waals surface area contributed by atoms with E-state index >= 15 is 0 Å². The highest BCUT2D eigenvalue weighted by Gasteiger charge is 2.38. The fraction of sp³-hybridized carbons (Fsp3) is 0.182. The third-order valence-electron chi connectivity index (χ3n) is 2.29. The van der Waals surface area contributed by atoms with E-state index in [0.29, 0.717) is 5.52 Å². The second kappa shape index (κ2) is 3.75. The Morgan fingerprint density at radius 2 is 1.75 bits per heavy atom. The quantitative estimate of drug-likeness (QED) is 0.812. The summed E-state index contributed by atoms with van der Waals surface area (Å²) in [6.07, 6.45) is -4.46. The molecule has 0 radical (unpaired) electrons. The second-order valence-corrected chi connectivity index (χ2v) is 3.45. The van der Waals surface area contributed by atoms with Crippen LogP contribution in [0.15, 0.2) is 36.4 Å². The van der Waals surface area contributed by atoms with Gasteiger partial charge in [-0.25, -0.2) is 0 Å². The largest absolute Gasteiger partial charge is 0.409 e. The average Bonchev–Trinajstić information content (AvgIpc) is 2.26. The van der Waals surface area contributed by atoms with Crippen molar-refractivity contribution < 1.29 is 13.2 Å². The molecule has 0 spiro atoms. The van der Waals surface area contributed by atoms with Crippen molar-refractivity contribution >= 4 is 10.9 Å². The first-order valence-corrected chi connectivity index (χ1v) is 4.66. The van der Waals surface area contributed by atoms with E-state index in [4.69, 9.17) is 5.73 Å². The Morgan fingerprint density at radius 1 is 1.06 bits per heavy atom. The number of fused-ring (bicyclic) bond motifs is 1. The maximum Gasteiger partial charge on any atom is 0.409 e. The van der Waals surface area contributed by atoms with Crippen LogP contribution in [0.25, 0.3) is 10.9 Å². The van der Waals surface area contributed by atoms with Crippen LogP contribution in [-0.2, 0) is 0 Å². The number of para-hydroxylation sites is 1. The van der Waals surface area contributed by atoms with Crippen molar-refractivity contribution in [2.24, 2.45) is 5.73 Å². The van der Waals surface area contributed by atoms with Crippen LogP contribution in [0, 0.1) is 0 Å². The zero-order valence-electron chi connectivity index (χ0n) is 8.20. The van der Waals surface area contributed by atoms with Crippen molar-refractivity contribution in [3.8, 4) is 0 Å². The number of halogens is 3. The monoisotopic (exact) mass is 226 g/mol.